The van der Waals surface area contributed by atoms with Crippen LogP contribution in [0.2, 0.25) is 0 Å². The van der Waals surface area contributed by atoms with Gasteiger partial charge in [0, 0.05) is 13.1 Å². The molecule has 1 heteroatoms. The summed E-state index contributed by atoms with van der Waals surface area (Å²) in [5, 5.41) is 0. The van der Waals surface area contributed by atoms with Gasteiger partial charge in [-0.15, -0.1) is 0 Å². The second-order valence-corrected chi connectivity index (χ2v) is 9.65. The van der Waals surface area contributed by atoms with Crippen LogP contribution in [0.15, 0.2) is 72.9 Å². The van der Waals surface area contributed by atoms with E-state index in [-0.39, 0.29) is 0 Å². The Bertz CT molecular complexity index is 649. The maximum absolute atomic E-state index is 2.44. The highest BCUT2D eigenvalue weighted by atomic mass is 15.1. The fourth-order valence-corrected chi connectivity index (χ4v) is 4.48. The van der Waals surface area contributed by atoms with Gasteiger partial charge in [-0.3, -0.25) is 0 Å². The molecule has 0 bridgehead atoms. The van der Waals surface area contributed by atoms with Crippen LogP contribution in [0.4, 0.5) is 0 Å². The Morgan fingerprint density at radius 1 is 0.515 bits per heavy atom. The first-order chi connectivity index (χ1) is 16.4. The molecular formula is C32H49N. The lowest BCUT2D eigenvalue weighted by molar-refractivity contribution is 0.360. The molecule has 0 aliphatic carbocycles. The number of nitrogens with zero attached hydrogens (tertiary/aromatic N) is 1. The van der Waals surface area contributed by atoms with Gasteiger partial charge in [-0.1, -0.05) is 157 Å². The standard InChI is InChI=1S/C32H49N/c1-2-3-4-5-6-7-8-9-10-11-12-13-14-15-16-23-28-33(29-31-24-19-17-20-25-31)30-32-26-21-18-22-27-32/h17-28H,2-16,29-30H2,1H3/b28-23+. The number of rotatable bonds is 20. The highest BCUT2D eigenvalue weighted by molar-refractivity contribution is 5.17. The lowest BCUT2D eigenvalue weighted by atomic mass is 10.0. The average molecular weight is 448 g/mol. The Labute approximate surface area is 205 Å². The van der Waals surface area contributed by atoms with Crippen molar-refractivity contribution in [1.29, 1.82) is 0 Å². The summed E-state index contributed by atoms with van der Waals surface area (Å²) in [6.45, 7) is 4.22. The summed E-state index contributed by atoms with van der Waals surface area (Å²) in [6, 6.07) is 21.6. The highest BCUT2D eigenvalue weighted by Gasteiger charge is 2.02. The normalized spacial score (nSPS) is 11.3. The Morgan fingerprint density at radius 3 is 1.33 bits per heavy atom. The van der Waals surface area contributed by atoms with Gasteiger partial charge in [0.05, 0.1) is 0 Å². The maximum Gasteiger partial charge on any atom is 0.0427 e. The molecule has 1 nitrogen and oxygen atoms in total. The molecule has 0 amide bonds. The van der Waals surface area contributed by atoms with E-state index in [1.54, 1.807) is 0 Å². The van der Waals surface area contributed by atoms with Gasteiger partial charge in [0.25, 0.3) is 0 Å². The van der Waals surface area contributed by atoms with Gasteiger partial charge in [-0.2, -0.15) is 0 Å². The van der Waals surface area contributed by atoms with Crippen LogP contribution in [0, 0.1) is 0 Å². The second kappa shape index (κ2) is 19.4. The Balaban J connectivity index is 1.52. The van der Waals surface area contributed by atoms with Gasteiger partial charge in [-0.25, -0.2) is 0 Å². The molecule has 0 radical (unpaired) electrons. The van der Waals surface area contributed by atoms with Gasteiger partial charge in [0.15, 0.2) is 0 Å². The molecular weight excluding hydrogens is 398 g/mol. The largest absolute Gasteiger partial charge is 0.369 e. The first kappa shape index (κ1) is 27.2. The smallest absolute Gasteiger partial charge is 0.0427 e. The minimum absolute atomic E-state index is 0.963. The summed E-state index contributed by atoms with van der Waals surface area (Å²) in [5.41, 5.74) is 2.74. The van der Waals surface area contributed by atoms with Gasteiger partial charge >= 0.3 is 0 Å². The van der Waals surface area contributed by atoms with E-state index in [0.29, 0.717) is 0 Å². The van der Waals surface area contributed by atoms with Crippen molar-refractivity contribution in [1.82, 2.24) is 4.90 Å². The molecule has 33 heavy (non-hydrogen) atoms. The molecule has 2 aromatic carbocycles. The molecule has 0 saturated carbocycles. The molecule has 0 aliphatic heterocycles. The summed E-state index contributed by atoms with van der Waals surface area (Å²) in [6.07, 6.45) is 25.8. The monoisotopic (exact) mass is 447 g/mol. The van der Waals surface area contributed by atoms with Crippen LogP contribution in [-0.2, 0) is 13.1 Å². The van der Waals surface area contributed by atoms with Crippen molar-refractivity contribution in [3.8, 4) is 0 Å². The lowest BCUT2D eigenvalue weighted by Crippen LogP contribution is -2.16. The lowest BCUT2D eigenvalue weighted by Gasteiger charge is -2.21. The van der Waals surface area contributed by atoms with E-state index in [0.717, 1.165) is 13.1 Å². The summed E-state index contributed by atoms with van der Waals surface area (Å²) in [7, 11) is 0. The zero-order valence-corrected chi connectivity index (χ0v) is 21.4. The van der Waals surface area contributed by atoms with Crippen molar-refractivity contribution in [3.05, 3.63) is 84.1 Å². The van der Waals surface area contributed by atoms with E-state index < -0.39 is 0 Å². The topological polar surface area (TPSA) is 3.24 Å². The van der Waals surface area contributed by atoms with E-state index in [1.807, 2.05) is 0 Å². The molecule has 2 aromatic rings. The van der Waals surface area contributed by atoms with Crippen LogP contribution in [0.5, 0.6) is 0 Å². The predicted molar refractivity (Wildman–Crippen MR) is 146 cm³/mol. The average Bonchev–Trinajstić information content (AvgIpc) is 2.85. The molecule has 0 fully saturated rings. The molecule has 0 saturated heterocycles. The van der Waals surface area contributed by atoms with E-state index in [2.05, 4.69) is 84.8 Å². The molecule has 0 aliphatic rings. The predicted octanol–water partition coefficient (Wildman–Crippen LogP) is 10.1. The number of unbranched alkanes of at least 4 members (excludes halogenated alkanes) is 14. The number of hydrogen-bond acceptors (Lipinski definition) is 1. The second-order valence-electron chi connectivity index (χ2n) is 9.65. The first-order valence-electron chi connectivity index (χ1n) is 13.9. The third-order valence-corrected chi connectivity index (χ3v) is 6.50. The number of allylic oxidation sites excluding steroid dienone is 1. The van der Waals surface area contributed by atoms with E-state index in [4.69, 9.17) is 0 Å². The molecule has 0 unspecified atom stereocenters. The van der Waals surface area contributed by atoms with Crippen molar-refractivity contribution in [2.75, 3.05) is 0 Å². The van der Waals surface area contributed by atoms with Crippen LogP contribution >= 0.6 is 0 Å². The zero-order chi connectivity index (χ0) is 23.2. The van der Waals surface area contributed by atoms with Crippen LogP contribution in [0.3, 0.4) is 0 Å². The maximum atomic E-state index is 2.44. The minimum atomic E-state index is 0.963. The van der Waals surface area contributed by atoms with Crippen LogP contribution < -0.4 is 0 Å². The van der Waals surface area contributed by atoms with Crippen molar-refractivity contribution in [2.45, 2.75) is 116 Å². The van der Waals surface area contributed by atoms with Crippen molar-refractivity contribution >= 4 is 0 Å². The molecule has 0 aromatic heterocycles. The van der Waals surface area contributed by atoms with Crippen molar-refractivity contribution in [2.24, 2.45) is 0 Å². The third-order valence-electron chi connectivity index (χ3n) is 6.50. The zero-order valence-electron chi connectivity index (χ0n) is 21.4. The van der Waals surface area contributed by atoms with Gasteiger partial charge < -0.3 is 4.90 Å². The third kappa shape index (κ3) is 14.7. The van der Waals surface area contributed by atoms with Gasteiger partial charge in [0.2, 0.25) is 0 Å². The SMILES string of the molecule is CCCCCCCCCCCCCCCC/C=C/N(Cc1ccccc1)Cc1ccccc1. The van der Waals surface area contributed by atoms with E-state index >= 15 is 0 Å². The van der Waals surface area contributed by atoms with Crippen LogP contribution in [0.25, 0.3) is 0 Å². The van der Waals surface area contributed by atoms with E-state index in [9.17, 15) is 0 Å². The van der Waals surface area contributed by atoms with Crippen molar-refractivity contribution < 1.29 is 0 Å². The summed E-state index contributed by atoms with van der Waals surface area (Å²) in [4.78, 5) is 2.44. The molecule has 2 rings (SSSR count). The fraction of sp³-hybridized carbons (Fsp3) is 0.562. The first-order valence-corrected chi connectivity index (χ1v) is 13.9. The number of hydrogen-bond donors (Lipinski definition) is 0. The van der Waals surface area contributed by atoms with Gasteiger partial charge in [-0.05, 0) is 30.2 Å². The van der Waals surface area contributed by atoms with Crippen LogP contribution in [-0.4, -0.2) is 4.90 Å². The number of benzene rings is 2. The van der Waals surface area contributed by atoms with Crippen LogP contribution in [0.1, 0.15) is 114 Å². The molecule has 0 spiro atoms. The molecule has 182 valence electrons. The summed E-state index contributed by atoms with van der Waals surface area (Å²) >= 11 is 0. The molecule has 0 heterocycles. The Hall–Kier alpha value is -2.02. The quantitative estimate of drug-likeness (QED) is 0.182. The van der Waals surface area contributed by atoms with Gasteiger partial charge in [0.1, 0.15) is 0 Å². The minimum Gasteiger partial charge on any atom is -0.369 e. The summed E-state index contributed by atoms with van der Waals surface area (Å²) in [5.74, 6) is 0. The molecule has 0 N–H and O–H groups in total. The highest BCUT2D eigenvalue weighted by Crippen LogP contribution is 2.14. The summed E-state index contributed by atoms with van der Waals surface area (Å²) < 4.78 is 0. The molecule has 0 atom stereocenters. The van der Waals surface area contributed by atoms with E-state index in [1.165, 1.54) is 107 Å². The van der Waals surface area contributed by atoms with Crippen molar-refractivity contribution in [3.63, 3.8) is 0 Å². The fourth-order valence-electron chi connectivity index (χ4n) is 4.48. The Morgan fingerprint density at radius 2 is 0.909 bits per heavy atom. The Kier molecular flexibility index (Phi) is 16.0.